The van der Waals surface area contributed by atoms with Gasteiger partial charge in [-0.1, -0.05) is 40.2 Å². The van der Waals surface area contributed by atoms with Crippen LogP contribution in [0.5, 0.6) is 5.75 Å². The molecule has 17 heavy (non-hydrogen) atoms. The highest BCUT2D eigenvalue weighted by Crippen LogP contribution is 2.16. The molecule has 0 spiro atoms. The number of ether oxygens (including phenoxy) is 1. The summed E-state index contributed by atoms with van der Waals surface area (Å²) in [5, 5.41) is 0. The molecule has 87 valence electrons. The summed E-state index contributed by atoms with van der Waals surface area (Å²) in [4.78, 5) is 0. The van der Waals surface area contributed by atoms with E-state index < -0.39 is 0 Å². The molecule has 0 amide bonds. The van der Waals surface area contributed by atoms with E-state index in [-0.39, 0.29) is 0 Å². The van der Waals surface area contributed by atoms with Crippen molar-refractivity contribution in [2.24, 2.45) is 0 Å². The fourth-order valence-corrected chi connectivity index (χ4v) is 1.86. The fourth-order valence-electron chi connectivity index (χ4n) is 1.60. The van der Waals surface area contributed by atoms with E-state index in [2.05, 4.69) is 58.7 Å². The monoisotopic (exact) mass is 289 g/mol. The molecule has 0 aliphatic carbocycles. The summed E-state index contributed by atoms with van der Waals surface area (Å²) in [6, 6.07) is 16.5. The molecule has 0 aromatic heterocycles. The van der Waals surface area contributed by atoms with Gasteiger partial charge in [0.05, 0.1) is 7.11 Å². The zero-order valence-electron chi connectivity index (χ0n) is 9.69. The van der Waals surface area contributed by atoms with Crippen LogP contribution in [0.3, 0.4) is 0 Å². The smallest absolute Gasteiger partial charge is 0.118 e. The minimum Gasteiger partial charge on any atom is -0.497 e. The van der Waals surface area contributed by atoms with Gasteiger partial charge in [0, 0.05) is 4.47 Å². The average molecular weight is 290 g/mol. The van der Waals surface area contributed by atoms with Crippen LogP contribution in [0.25, 0.3) is 0 Å². The van der Waals surface area contributed by atoms with Crippen LogP contribution in [0.4, 0.5) is 0 Å². The van der Waals surface area contributed by atoms with E-state index in [0.717, 1.165) is 16.6 Å². The van der Waals surface area contributed by atoms with Gasteiger partial charge in [-0.15, -0.1) is 0 Å². The quantitative estimate of drug-likeness (QED) is 0.817. The molecule has 2 aromatic carbocycles. The summed E-state index contributed by atoms with van der Waals surface area (Å²) in [5.41, 5.74) is 2.53. The molecule has 2 rings (SSSR count). The predicted molar refractivity (Wildman–Crippen MR) is 74.2 cm³/mol. The molecule has 0 saturated heterocycles. The third-order valence-corrected chi connectivity index (χ3v) is 3.13. The van der Waals surface area contributed by atoms with Crippen molar-refractivity contribution in [2.75, 3.05) is 7.11 Å². The van der Waals surface area contributed by atoms with E-state index in [0.29, 0.717) is 0 Å². The molecule has 0 heterocycles. The van der Waals surface area contributed by atoms with Crippen molar-refractivity contribution in [3.05, 3.63) is 70.6 Å². The molecular formula is C15H14BrO. The molecule has 0 aliphatic rings. The van der Waals surface area contributed by atoms with Gasteiger partial charge in [-0.2, -0.15) is 0 Å². The van der Waals surface area contributed by atoms with Crippen molar-refractivity contribution in [1.29, 1.82) is 0 Å². The minimum atomic E-state index is 0.900. The Morgan fingerprint density at radius 3 is 2.24 bits per heavy atom. The van der Waals surface area contributed by atoms with Crippen LogP contribution in [-0.2, 0) is 6.42 Å². The third-order valence-electron chi connectivity index (χ3n) is 2.60. The van der Waals surface area contributed by atoms with E-state index in [1.165, 1.54) is 11.1 Å². The van der Waals surface area contributed by atoms with Crippen LogP contribution in [0.2, 0.25) is 0 Å². The van der Waals surface area contributed by atoms with Gasteiger partial charge in [0.25, 0.3) is 0 Å². The number of halogens is 1. The zero-order valence-corrected chi connectivity index (χ0v) is 11.3. The lowest BCUT2D eigenvalue weighted by atomic mass is 10.0. The Kier molecular flexibility index (Phi) is 4.21. The Bertz CT molecular complexity index is 459. The SMILES string of the molecule is COc1ccc(C[CH]c2ccc(Br)cc2)cc1. The average Bonchev–Trinajstić information content (AvgIpc) is 2.39. The topological polar surface area (TPSA) is 9.23 Å². The summed E-state index contributed by atoms with van der Waals surface area (Å²) < 4.78 is 6.24. The maximum Gasteiger partial charge on any atom is 0.118 e. The minimum absolute atomic E-state index is 0.900. The standard InChI is InChI=1S/C15H14BrO/c1-17-15-10-6-13(7-11-15)3-2-12-4-8-14(16)9-5-12/h2,4-11H,3H2,1H3. The van der Waals surface area contributed by atoms with Crippen LogP contribution in [0, 0.1) is 6.42 Å². The molecule has 1 radical (unpaired) electrons. The van der Waals surface area contributed by atoms with E-state index in [1.807, 2.05) is 12.1 Å². The lowest BCUT2D eigenvalue weighted by molar-refractivity contribution is 0.414. The molecule has 0 saturated carbocycles. The van der Waals surface area contributed by atoms with Crippen LogP contribution in [0.1, 0.15) is 11.1 Å². The summed E-state index contributed by atoms with van der Waals surface area (Å²) in [6.07, 6.45) is 3.15. The first kappa shape index (κ1) is 12.2. The Morgan fingerprint density at radius 2 is 1.65 bits per heavy atom. The predicted octanol–water partition coefficient (Wildman–Crippen LogP) is 4.25. The molecule has 2 aromatic rings. The van der Waals surface area contributed by atoms with Gasteiger partial charge in [0.2, 0.25) is 0 Å². The number of hydrogen-bond donors (Lipinski definition) is 0. The van der Waals surface area contributed by atoms with E-state index in [1.54, 1.807) is 7.11 Å². The van der Waals surface area contributed by atoms with Crippen molar-refractivity contribution < 1.29 is 4.74 Å². The summed E-state index contributed by atoms with van der Waals surface area (Å²) in [7, 11) is 1.68. The first-order chi connectivity index (χ1) is 8.28. The van der Waals surface area contributed by atoms with Crippen molar-refractivity contribution in [2.45, 2.75) is 6.42 Å². The molecule has 1 nitrogen and oxygen atoms in total. The second-order valence-electron chi connectivity index (χ2n) is 3.81. The largest absolute Gasteiger partial charge is 0.497 e. The van der Waals surface area contributed by atoms with E-state index >= 15 is 0 Å². The molecule has 0 unspecified atom stereocenters. The highest BCUT2D eigenvalue weighted by molar-refractivity contribution is 9.10. The maximum absolute atomic E-state index is 5.13. The zero-order chi connectivity index (χ0) is 12.1. The summed E-state index contributed by atoms with van der Waals surface area (Å²) in [5.74, 6) is 0.900. The third kappa shape index (κ3) is 3.60. The highest BCUT2D eigenvalue weighted by Gasteiger charge is 1.97. The van der Waals surface area contributed by atoms with Gasteiger partial charge in [-0.3, -0.25) is 0 Å². The van der Waals surface area contributed by atoms with Crippen LogP contribution in [-0.4, -0.2) is 7.11 Å². The Balaban J connectivity index is 1.95. The number of benzene rings is 2. The van der Waals surface area contributed by atoms with Crippen LogP contribution < -0.4 is 4.74 Å². The first-order valence-corrected chi connectivity index (χ1v) is 6.29. The molecular weight excluding hydrogens is 276 g/mol. The van der Waals surface area contributed by atoms with Crippen molar-refractivity contribution in [1.82, 2.24) is 0 Å². The molecule has 0 aliphatic heterocycles. The number of methoxy groups -OCH3 is 1. The molecule has 0 atom stereocenters. The number of rotatable bonds is 4. The molecule has 2 heteroatoms. The lowest BCUT2D eigenvalue weighted by Gasteiger charge is -2.04. The fraction of sp³-hybridized carbons (Fsp3) is 0.133. The summed E-state index contributed by atoms with van der Waals surface area (Å²) in [6.45, 7) is 0. The van der Waals surface area contributed by atoms with Gasteiger partial charge in [0.1, 0.15) is 5.75 Å². The number of hydrogen-bond acceptors (Lipinski definition) is 1. The molecule has 0 bridgehead atoms. The van der Waals surface area contributed by atoms with Gasteiger partial charge in [-0.05, 0) is 48.2 Å². The van der Waals surface area contributed by atoms with Crippen molar-refractivity contribution in [3.63, 3.8) is 0 Å². The van der Waals surface area contributed by atoms with Gasteiger partial charge in [0.15, 0.2) is 0 Å². The molecule has 0 fully saturated rings. The van der Waals surface area contributed by atoms with Crippen molar-refractivity contribution in [3.8, 4) is 5.75 Å². The Labute approximate surface area is 111 Å². The lowest BCUT2D eigenvalue weighted by Crippen LogP contribution is -1.89. The van der Waals surface area contributed by atoms with Gasteiger partial charge < -0.3 is 4.74 Å². The second-order valence-corrected chi connectivity index (χ2v) is 4.72. The van der Waals surface area contributed by atoms with Crippen molar-refractivity contribution >= 4 is 15.9 Å². The molecule has 0 N–H and O–H groups in total. The van der Waals surface area contributed by atoms with Gasteiger partial charge in [-0.25, -0.2) is 0 Å². The Hall–Kier alpha value is -1.28. The van der Waals surface area contributed by atoms with Crippen LogP contribution >= 0.6 is 15.9 Å². The first-order valence-electron chi connectivity index (χ1n) is 5.49. The van der Waals surface area contributed by atoms with E-state index in [9.17, 15) is 0 Å². The van der Waals surface area contributed by atoms with E-state index in [4.69, 9.17) is 4.74 Å². The second kappa shape index (κ2) is 5.87. The normalized spacial score (nSPS) is 10.2. The Morgan fingerprint density at radius 1 is 1.00 bits per heavy atom. The summed E-state index contributed by atoms with van der Waals surface area (Å²) >= 11 is 3.43. The van der Waals surface area contributed by atoms with Gasteiger partial charge >= 0.3 is 0 Å². The highest BCUT2D eigenvalue weighted by atomic mass is 79.9. The maximum atomic E-state index is 5.13. The van der Waals surface area contributed by atoms with Crippen LogP contribution in [0.15, 0.2) is 53.0 Å².